The van der Waals surface area contributed by atoms with Gasteiger partial charge in [-0.15, -0.1) is 5.10 Å². The highest BCUT2D eigenvalue weighted by Crippen LogP contribution is 2.16. The Kier molecular flexibility index (Phi) is 86.2. The van der Waals surface area contributed by atoms with Crippen molar-refractivity contribution in [2.45, 2.75) is 405 Å². The molecule has 2 amide bonds. The van der Waals surface area contributed by atoms with Crippen LogP contribution >= 0.6 is 0 Å². The zero-order chi connectivity index (χ0) is 109. The second-order valence-corrected chi connectivity index (χ2v) is 39.3. The van der Waals surface area contributed by atoms with E-state index in [0.29, 0.717) is 64.3 Å². The summed E-state index contributed by atoms with van der Waals surface area (Å²) in [5.41, 5.74) is 4.55. The van der Waals surface area contributed by atoms with Gasteiger partial charge in [-0.05, 0) is 369 Å². The molecule has 8 rings (SSSR count). The molecule has 0 atom stereocenters. The summed E-state index contributed by atoms with van der Waals surface area (Å²) in [6.07, 6.45) is 34.6. The molecule has 0 bridgehead atoms. The first kappa shape index (κ1) is 138. The quantitative estimate of drug-likeness (QED) is 0.0198. The van der Waals surface area contributed by atoms with Crippen LogP contribution in [-0.4, -0.2) is 296 Å². The number of unbranched alkanes of at least 4 members (excludes halogenated alkanes) is 2. The largest absolute Gasteiger partial charge is 0.463 e. The second-order valence-electron chi connectivity index (χ2n) is 39.3. The molecule has 3 aliphatic rings. The van der Waals surface area contributed by atoms with Gasteiger partial charge in [0.15, 0.2) is 0 Å². The van der Waals surface area contributed by atoms with Crippen LogP contribution in [0, 0.1) is 0 Å². The van der Waals surface area contributed by atoms with Crippen molar-refractivity contribution in [1.29, 1.82) is 0 Å². The molecule has 3 aromatic heterocycles. The van der Waals surface area contributed by atoms with Crippen molar-refractivity contribution < 1.29 is 100 Å². The molecule has 32 nitrogen and oxygen atoms in total. The molecule has 32 heteroatoms. The SMILES string of the molecule is CC(C)OC(=O)CCCCc1ccccc1.CC(C)OC(=O)CCCN1CCCCC1.CC(C)OC(=O)CCCN1CCCCC1.CC(C)OC(=O)CCCc1ccccc1.CC(C)OC(=O)CCCc1ccccn1.CC(C)OC(=O)CCCn1ccnn1.CC(C)OC(=O)CCc1ccccn1.CC(C)OC(=O)N(C)CCCN(C)C.CC(C)OC(=O)N(C)CCN1CCCCC1.COCCCCC(=O)OC(C)C. The van der Waals surface area contributed by atoms with Crippen molar-refractivity contribution in [2.24, 2.45) is 0 Å². The number of likely N-dealkylation sites (N-methyl/N-ethyl adjacent to an activating group) is 1. The Morgan fingerprint density at radius 2 is 0.589 bits per heavy atom. The topological polar surface area (TPSA) is 348 Å². The monoisotopic (exact) mass is 2050 g/mol. The van der Waals surface area contributed by atoms with Gasteiger partial charge >= 0.3 is 59.9 Å². The van der Waals surface area contributed by atoms with E-state index in [1.165, 1.54) is 108 Å². The number of carbonyl (C=O) groups excluding carboxylic acids is 10. The maximum absolute atomic E-state index is 11.5. The van der Waals surface area contributed by atoms with E-state index in [1.54, 1.807) is 60.5 Å². The van der Waals surface area contributed by atoms with Crippen LogP contribution in [0.15, 0.2) is 122 Å². The Morgan fingerprint density at radius 1 is 0.288 bits per heavy atom. The molecule has 5 aromatic rings. The number of piperidine rings is 3. The molecule has 0 spiro atoms. The lowest BCUT2D eigenvalue weighted by Gasteiger charge is -2.28. The van der Waals surface area contributed by atoms with E-state index in [-0.39, 0.29) is 121 Å². The molecule has 0 N–H and O–H groups in total. The lowest BCUT2D eigenvalue weighted by molar-refractivity contribution is -0.148. The van der Waals surface area contributed by atoms with Gasteiger partial charge in [0.1, 0.15) is 0 Å². The average Bonchev–Trinajstić information content (AvgIpc) is 1.21. The highest BCUT2D eigenvalue weighted by atomic mass is 16.6. The van der Waals surface area contributed by atoms with Crippen molar-refractivity contribution in [3.05, 3.63) is 144 Å². The number of carbonyl (C=O) groups is 10. The van der Waals surface area contributed by atoms with Crippen LogP contribution < -0.4 is 0 Å². The lowest BCUT2D eigenvalue weighted by atomic mass is 10.1. The Hall–Kier alpha value is -10.0. The van der Waals surface area contributed by atoms with Gasteiger partial charge in [0, 0.05) is 135 Å². The molecular formula is C114H195N11O21. The number of rotatable bonds is 50. The van der Waals surface area contributed by atoms with E-state index < -0.39 is 0 Å². The van der Waals surface area contributed by atoms with Crippen LogP contribution in [-0.2, 0) is 123 Å². The van der Waals surface area contributed by atoms with Crippen molar-refractivity contribution in [3.8, 4) is 0 Å². The normalized spacial score (nSPS) is 12.8. The number of pyridine rings is 2. The number of aromatic nitrogens is 5. The smallest absolute Gasteiger partial charge is 0.409 e. The Balaban J connectivity index is 0. The first-order valence-corrected chi connectivity index (χ1v) is 53.9. The maximum atomic E-state index is 11.5. The zero-order valence-corrected chi connectivity index (χ0v) is 94.6. The van der Waals surface area contributed by atoms with Gasteiger partial charge in [0.25, 0.3) is 0 Å². The van der Waals surface area contributed by atoms with Crippen molar-refractivity contribution in [2.75, 3.05) is 120 Å². The number of amides is 2. The van der Waals surface area contributed by atoms with Crippen molar-refractivity contribution >= 4 is 59.9 Å². The van der Waals surface area contributed by atoms with E-state index in [9.17, 15) is 47.9 Å². The molecule has 0 radical (unpaired) electrons. The van der Waals surface area contributed by atoms with E-state index in [0.717, 1.165) is 141 Å². The minimum absolute atomic E-state index is 0.0000693. The standard InChI is InChI=1S/C14H20O2.C13H18O2.C12H24N2O2.C12H17NO2.2C12H23NO2.C11H15NO2.C10H22N2O2.C9H15N3O2.C9H18O3/c1-12(2)16-14(15)11-7-6-10-13-8-4-3-5-9-13;1-11(2)15-13(14)10-6-9-12-7-4-3-5-8-12;1-11(2)16-12(15)13(3)9-10-14-7-5-4-6-8-14;1-10(2)15-12(14)8-5-7-11-6-3-4-9-13-11;2*1-11(2)15-12(14)7-6-10-13-8-4-3-5-9-13;1-9(2)14-11(13)7-6-10-5-3-4-8-12-10;1-9(2)14-10(13)12(5)8-6-7-11(3)4;1-8(2)14-9(13)4-3-6-12-7-5-10-11-12;1-8(2)12-9(10)6-4-5-7-11-3/h3-5,8-9,12H,6-7,10-11H2,1-2H3;3-5,7-8,11H,6,9-10H2,1-2H3;11H,4-10H2,1-3H3;3-4,6,9-10H,5,7-8H2,1-2H3;2*11H,3-10H2,1-2H3;3-5,8-9H,6-7H2,1-2H3;9H,6-8H2,1-5H3;5,7-8H,3-4,6H2,1-2H3;8H,4-7H2,1-3H3. The summed E-state index contributed by atoms with van der Waals surface area (Å²) in [7, 11) is 9.26. The first-order chi connectivity index (χ1) is 69.5. The number of hydrogen-bond acceptors (Lipinski definition) is 29. The number of esters is 8. The number of ether oxygens (including phenoxy) is 11. The van der Waals surface area contributed by atoms with Gasteiger partial charge in [0.05, 0.1) is 73.7 Å². The number of nitrogens with zero attached hydrogens (tertiary/aromatic N) is 11. The molecule has 146 heavy (non-hydrogen) atoms. The third-order valence-corrected chi connectivity index (χ3v) is 20.8. The third-order valence-electron chi connectivity index (χ3n) is 20.8. The number of likely N-dealkylation sites (tertiary alicyclic amines) is 3. The summed E-state index contributed by atoms with van der Waals surface area (Å²) in [5.74, 6) is -0.833. The predicted octanol–water partition coefficient (Wildman–Crippen LogP) is 21.2. The summed E-state index contributed by atoms with van der Waals surface area (Å²) in [6, 6.07) is 32.0. The molecule has 832 valence electrons. The van der Waals surface area contributed by atoms with Gasteiger partial charge in [-0.3, -0.25) is 53.0 Å². The summed E-state index contributed by atoms with van der Waals surface area (Å²) in [4.78, 5) is 133. The summed E-state index contributed by atoms with van der Waals surface area (Å²) in [6.45, 7) is 51.4. The number of hydrogen-bond donors (Lipinski definition) is 0. The van der Waals surface area contributed by atoms with E-state index >= 15 is 0 Å². The molecule has 3 aliphatic heterocycles. The molecule has 0 unspecified atom stereocenters. The average molecular weight is 2060 g/mol. The molecular weight excluding hydrogens is 1860 g/mol. The highest BCUT2D eigenvalue weighted by molar-refractivity contribution is 5.72. The molecule has 0 saturated carbocycles. The fourth-order valence-electron chi connectivity index (χ4n) is 14.0. The van der Waals surface area contributed by atoms with Crippen LogP contribution in [0.3, 0.4) is 0 Å². The zero-order valence-electron chi connectivity index (χ0n) is 94.6. The number of aryl methyl sites for hydroxylation is 5. The fraction of sp³-hybridized carbons (Fsp3) is 0.702. The Bertz CT molecular complexity index is 3890. The van der Waals surface area contributed by atoms with Crippen LogP contribution in [0.25, 0.3) is 0 Å². The summed E-state index contributed by atoms with van der Waals surface area (Å²) < 4.78 is 57.0. The maximum Gasteiger partial charge on any atom is 0.409 e. The molecule has 3 saturated heterocycles. The first-order valence-electron chi connectivity index (χ1n) is 53.9. The van der Waals surface area contributed by atoms with Crippen LogP contribution in [0.2, 0.25) is 0 Å². The van der Waals surface area contributed by atoms with Crippen molar-refractivity contribution in [1.82, 2.24) is 54.4 Å². The highest BCUT2D eigenvalue weighted by Gasteiger charge is 2.19. The van der Waals surface area contributed by atoms with Crippen molar-refractivity contribution in [3.63, 3.8) is 0 Å². The number of benzene rings is 2. The summed E-state index contributed by atoms with van der Waals surface area (Å²) in [5, 5.41) is 7.45. The third kappa shape index (κ3) is 92.6. The van der Waals surface area contributed by atoms with E-state index in [2.05, 4.69) is 64.1 Å². The van der Waals surface area contributed by atoms with Gasteiger partial charge in [0.2, 0.25) is 0 Å². The number of methoxy groups -OCH3 is 1. The lowest BCUT2D eigenvalue weighted by Crippen LogP contribution is -2.39. The van der Waals surface area contributed by atoms with Crippen LogP contribution in [0.4, 0.5) is 9.59 Å². The van der Waals surface area contributed by atoms with Gasteiger partial charge in [-0.25, -0.2) is 9.59 Å². The summed E-state index contributed by atoms with van der Waals surface area (Å²) >= 11 is 0. The second kappa shape index (κ2) is 91.2. The Labute approximate surface area is 879 Å². The molecule has 6 heterocycles. The van der Waals surface area contributed by atoms with Gasteiger partial charge < -0.3 is 81.5 Å². The minimum Gasteiger partial charge on any atom is -0.463 e. The van der Waals surface area contributed by atoms with Crippen LogP contribution in [0.1, 0.15) is 334 Å². The molecule has 0 aliphatic carbocycles. The minimum atomic E-state index is -0.237. The van der Waals surface area contributed by atoms with E-state index in [4.69, 9.17) is 52.1 Å². The predicted molar refractivity (Wildman–Crippen MR) is 579 cm³/mol. The van der Waals surface area contributed by atoms with E-state index in [1.807, 2.05) is 225 Å². The van der Waals surface area contributed by atoms with Crippen LogP contribution in [0.5, 0.6) is 0 Å². The molecule has 2 aromatic carbocycles. The van der Waals surface area contributed by atoms with Gasteiger partial charge in [-0.2, -0.15) is 0 Å². The van der Waals surface area contributed by atoms with Gasteiger partial charge in [-0.1, -0.05) is 97.3 Å². The molecule has 3 fully saturated rings. The Morgan fingerprint density at radius 3 is 0.918 bits per heavy atom. The fourth-order valence-corrected chi connectivity index (χ4v) is 14.0.